The fourth-order valence-electron chi connectivity index (χ4n) is 7.47. The lowest BCUT2D eigenvalue weighted by Gasteiger charge is -2.39. The van der Waals surface area contributed by atoms with E-state index in [1.807, 2.05) is 0 Å². The fraction of sp³-hybridized carbons (Fsp3) is 0.953. The summed E-state index contributed by atoms with van der Waals surface area (Å²) in [5, 5.41) is 19.9. The van der Waals surface area contributed by atoms with Gasteiger partial charge in [0.25, 0.3) is 0 Å². The summed E-state index contributed by atoms with van der Waals surface area (Å²) in [4.78, 5) is 26.4. The molecule has 49 heavy (non-hydrogen) atoms. The third-order valence-corrected chi connectivity index (χ3v) is 11.1. The summed E-state index contributed by atoms with van der Waals surface area (Å²) >= 11 is 0. The Kier molecular flexibility index (Phi) is 27.8. The van der Waals surface area contributed by atoms with E-state index in [9.17, 15) is 14.7 Å². The number of carboxylic acid groups (broad SMARTS) is 2. The Balaban J connectivity index is 5.37. The lowest BCUT2D eigenvalue weighted by molar-refractivity contribution is -0.153. The zero-order valence-corrected chi connectivity index (χ0v) is 34.4. The number of hydrogen-bond donors (Lipinski definition) is 2. The van der Waals surface area contributed by atoms with Crippen molar-refractivity contribution < 1.29 is 24.5 Å². The molecule has 0 saturated carbocycles. The topological polar surface area (TPSA) is 87.1 Å². The van der Waals surface area contributed by atoms with Crippen LogP contribution in [0.3, 0.4) is 0 Å². The lowest BCUT2D eigenvalue weighted by Crippen LogP contribution is -2.38. The van der Waals surface area contributed by atoms with Crippen molar-refractivity contribution in [1.29, 1.82) is 0 Å². The Hall–Kier alpha value is -1.14. The van der Waals surface area contributed by atoms with Gasteiger partial charge in [-0.1, -0.05) is 120 Å². The molecule has 0 aromatic carbocycles. The fourth-order valence-corrected chi connectivity index (χ4v) is 7.47. The number of rotatable bonds is 34. The maximum Gasteiger partial charge on any atom is 0.309 e. The van der Waals surface area contributed by atoms with E-state index in [1.54, 1.807) is 0 Å². The lowest BCUT2D eigenvalue weighted by atomic mass is 9.65. The molecule has 0 aliphatic rings. The highest BCUT2D eigenvalue weighted by Gasteiger charge is 2.42. The quantitative estimate of drug-likeness (QED) is 0.0652. The Bertz CT molecular complexity index is 782. The molecule has 0 aromatic rings. The molecule has 292 valence electrons. The van der Waals surface area contributed by atoms with Crippen molar-refractivity contribution in [2.24, 2.45) is 40.9 Å². The van der Waals surface area contributed by atoms with Crippen LogP contribution in [0.4, 0.5) is 0 Å². The summed E-state index contributed by atoms with van der Waals surface area (Å²) < 4.78 is 6.41. The predicted octanol–water partition coefficient (Wildman–Crippen LogP) is 12.1. The van der Waals surface area contributed by atoms with E-state index in [2.05, 4.69) is 74.4 Å². The highest BCUT2D eigenvalue weighted by molar-refractivity contribution is 5.74. The van der Waals surface area contributed by atoms with Crippen molar-refractivity contribution in [3.8, 4) is 0 Å². The SMILES string of the molecule is CC(C)CCC(CC(CCCCCCC(CCCCCCCC(=O)O)OCCCCN(C)C)(CC(CCC(C)C)C(C)C)C(=O)O)C(C)C. The number of aliphatic carboxylic acids is 2. The first-order valence-corrected chi connectivity index (χ1v) is 20.8. The first kappa shape index (κ1) is 47.9. The van der Waals surface area contributed by atoms with E-state index >= 15 is 0 Å². The van der Waals surface area contributed by atoms with E-state index < -0.39 is 17.4 Å². The van der Waals surface area contributed by atoms with Crippen LogP contribution in [-0.2, 0) is 14.3 Å². The van der Waals surface area contributed by atoms with Gasteiger partial charge >= 0.3 is 11.9 Å². The summed E-state index contributed by atoms with van der Waals surface area (Å²) in [7, 11) is 4.23. The minimum atomic E-state index is -0.695. The molecule has 0 saturated heterocycles. The van der Waals surface area contributed by atoms with Gasteiger partial charge < -0.3 is 19.8 Å². The van der Waals surface area contributed by atoms with Crippen molar-refractivity contribution in [2.45, 2.75) is 196 Å². The van der Waals surface area contributed by atoms with Gasteiger partial charge in [0.2, 0.25) is 0 Å². The number of ether oxygens (including phenoxy) is 1. The van der Waals surface area contributed by atoms with Crippen molar-refractivity contribution >= 4 is 11.9 Å². The molecule has 3 atom stereocenters. The molecule has 0 aliphatic heterocycles. The summed E-state index contributed by atoms with van der Waals surface area (Å²) in [6.45, 7) is 20.3. The smallest absolute Gasteiger partial charge is 0.309 e. The molecular formula is C43H85NO5. The molecule has 0 fully saturated rings. The molecule has 0 aromatic heterocycles. The maximum atomic E-state index is 13.4. The predicted molar refractivity (Wildman–Crippen MR) is 209 cm³/mol. The minimum Gasteiger partial charge on any atom is -0.481 e. The number of carboxylic acids is 2. The molecule has 0 radical (unpaired) electrons. The van der Waals surface area contributed by atoms with Crippen LogP contribution in [0, 0.1) is 40.9 Å². The summed E-state index contributed by atoms with van der Waals surface area (Å²) in [6, 6.07) is 0. The zero-order valence-electron chi connectivity index (χ0n) is 34.4. The van der Waals surface area contributed by atoms with E-state index in [1.165, 1.54) is 12.8 Å². The van der Waals surface area contributed by atoms with Gasteiger partial charge in [-0.2, -0.15) is 0 Å². The largest absolute Gasteiger partial charge is 0.481 e. The molecule has 0 rings (SSSR count). The molecule has 0 bridgehead atoms. The molecule has 0 heterocycles. The highest BCUT2D eigenvalue weighted by Crippen LogP contribution is 2.45. The van der Waals surface area contributed by atoms with Gasteiger partial charge in [0.1, 0.15) is 0 Å². The Morgan fingerprint density at radius 1 is 0.592 bits per heavy atom. The maximum absolute atomic E-state index is 13.4. The normalized spacial score (nSPS) is 15.4. The van der Waals surface area contributed by atoms with Gasteiger partial charge in [-0.05, 0) is 120 Å². The van der Waals surface area contributed by atoms with Crippen molar-refractivity contribution in [2.75, 3.05) is 27.2 Å². The Labute approximate surface area is 305 Å². The summed E-state index contributed by atoms with van der Waals surface area (Å²) in [6.07, 6.45) is 21.5. The van der Waals surface area contributed by atoms with Crippen LogP contribution in [0.1, 0.15) is 190 Å². The van der Waals surface area contributed by atoms with E-state index in [-0.39, 0.29) is 12.5 Å². The Morgan fingerprint density at radius 2 is 1.06 bits per heavy atom. The zero-order chi connectivity index (χ0) is 37.2. The Morgan fingerprint density at radius 3 is 1.49 bits per heavy atom. The van der Waals surface area contributed by atoms with E-state index in [0.717, 1.165) is 129 Å². The molecular weight excluding hydrogens is 610 g/mol. The second kappa shape index (κ2) is 28.4. The average Bonchev–Trinajstić information content (AvgIpc) is 3.00. The van der Waals surface area contributed by atoms with Gasteiger partial charge in [-0.15, -0.1) is 0 Å². The molecule has 6 nitrogen and oxygen atoms in total. The molecule has 0 amide bonds. The summed E-state index contributed by atoms with van der Waals surface area (Å²) in [5.74, 6) is 1.93. The monoisotopic (exact) mass is 696 g/mol. The van der Waals surface area contributed by atoms with Crippen LogP contribution in [0.5, 0.6) is 0 Å². The van der Waals surface area contributed by atoms with Crippen LogP contribution < -0.4 is 0 Å². The molecule has 0 aliphatic carbocycles. The second-order valence-corrected chi connectivity index (χ2v) is 17.6. The molecule has 0 spiro atoms. The van der Waals surface area contributed by atoms with Crippen LogP contribution in [-0.4, -0.2) is 60.4 Å². The number of carbonyl (C=O) groups is 2. The third kappa shape index (κ3) is 25.5. The number of unbranched alkanes of at least 4 members (excludes halogenated alkanes) is 8. The van der Waals surface area contributed by atoms with Crippen LogP contribution in [0.15, 0.2) is 0 Å². The third-order valence-electron chi connectivity index (χ3n) is 11.1. The second-order valence-electron chi connectivity index (χ2n) is 17.6. The van der Waals surface area contributed by atoms with Crippen LogP contribution >= 0.6 is 0 Å². The average molecular weight is 696 g/mol. The van der Waals surface area contributed by atoms with E-state index in [4.69, 9.17) is 9.84 Å². The molecule has 2 N–H and O–H groups in total. The van der Waals surface area contributed by atoms with Gasteiger partial charge in [0.05, 0.1) is 11.5 Å². The van der Waals surface area contributed by atoms with Gasteiger partial charge in [0, 0.05) is 13.0 Å². The minimum absolute atomic E-state index is 0.277. The van der Waals surface area contributed by atoms with Gasteiger partial charge in [-0.25, -0.2) is 0 Å². The first-order valence-electron chi connectivity index (χ1n) is 20.8. The molecule has 3 unspecified atom stereocenters. The van der Waals surface area contributed by atoms with Crippen molar-refractivity contribution in [3.05, 3.63) is 0 Å². The van der Waals surface area contributed by atoms with E-state index in [0.29, 0.717) is 35.5 Å². The van der Waals surface area contributed by atoms with Crippen molar-refractivity contribution in [3.63, 3.8) is 0 Å². The van der Waals surface area contributed by atoms with Gasteiger partial charge in [0.15, 0.2) is 0 Å². The highest BCUT2D eigenvalue weighted by atomic mass is 16.5. The number of hydrogen-bond acceptors (Lipinski definition) is 4. The molecule has 6 heteroatoms. The summed E-state index contributed by atoms with van der Waals surface area (Å²) in [5.41, 5.74) is -0.638. The number of nitrogens with zero attached hydrogens (tertiary/aromatic N) is 1. The van der Waals surface area contributed by atoms with Crippen LogP contribution in [0.25, 0.3) is 0 Å². The van der Waals surface area contributed by atoms with Gasteiger partial charge in [-0.3, -0.25) is 9.59 Å². The van der Waals surface area contributed by atoms with Crippen LogP contribution in [0.2, 0.25) is 0 Å². The van der Waals surface area contributed by atoms with Crippen molar-refractivity contribution in [1.82, 2.24) is 4.90 Å². The standard InChI is InChI=1S/C43H85NO5/c1-34(2)25-27-38(36(5)6)32-43(42(47)48,33-39(37(7)8)28-26-35(3)4)29-19-15-14-17-23-40(49-31-21-20-30-44(9)10)22-16-12-11-13-18-24-41(45)46/h34-40H,11-33H2,1-10H3,(H,45,46)(H,47,48). The first-order chi connectivity index (χ1) is 23.1.